The van der Waals surface area contributed by atoms with E-state index in [9.17, 15) is 13.2 Å². The first-order chi connectivity index (χ1) is 10.1. The lowest BCUT2D eigenvalue weighted by Crippen LogP contribution is -2.15. The molecule has 0 fully saturated rings. The quantitative estimate of drug-likeness (QED) is 0.856. The van der Waals surface area contributed by atoms with Crippen molar-refractivity contribution < 1.29 is 22.5 Å². The van der Waals surface area contributed by atoms with Crippen molar-refractivity contribution >= 4 is 33.2 Å². The monoisotopic (exact) mass is 344 g/mol. The fourth-order valence-electron chi connectivity index (χ4n) is 1.61. The van der Waals surface area contributed by atoms with Crippen LogP contribution in [-0.4, -0.2) is 26.7 Å². The van der Waals surface area contributed by atoms with Crippen LogP contribution >= 0.6 is 11.3 Å². The molecule has 0 aromatic carbocycles. The molecule has 0 atom stereocenters. The molecular formula is C13H16N2O5S2. The van der Waals surface area contributed by atoms with Crippen molar-refractivity contribution in [3.8, 4) is 0 Å². The zero-order valence-electron chi connectivity index (χ0n) is 12.5. The molecule has 0 aliphatic heterocycles. The van der Waals surface area contributed by atoms with Crippen LogP contribution in [0.2, 0.25) is 0 Å². The maximum absolute atomic E-state index is 12.4. The summed E-state index contributed by atoms with van der Waals surface area (Å²) < 4.78 is 36.6. The minimum Gasteiger partial charge on any atom is -0.465 e. The number of sulfonamides is 1. The summed E-state index contributed by atoms with van der Waals surface area (Å²) in [4.78, 5) is 11.4. The number of rotatable bonds is 4. The van der Waals surface area contributed by atoms with E-state index in [1.807, 2.05) is 20.8 Å². The van der Waals surface area contributed by atoms with Crippen molar-refractivity contribution in [3.63, 3.8) is 0 Å². The third kappa shape index (κ3) is 3.30. The van der Waals surface area contributed by atoms with Crippen LogP contribution in [0.15, 0.2) is 26.9 Å². The lowest BCUT2D eigenvalue weighted by molar-refractivity contribution is 0.0602. The molecule has 1 N–H and O–H groups in total. The first-order valence-corrected chi connectivity index (χ1v) is 8.67. The van der Waals surface area contributed by atoms with E-state index in [-0.39, 0.29) is 21.1 Å². The molecule has 120 valence electrons. The van der Waals surface area contributed by atoms with Crippen molar-refractivity contribution in [1.29, 1.82) is 0 Å². The molecule has 9 heteroatoms. The highest BCUT2D eigenvalue weighted by Crippen LogP contribution is 2.27. The highest BCUT2D eigenvalue weighted by atomic mass is 32.2. The van der Waals surface area contributed by atoms with Gasteiger partial charge in [-0.1, -0.05) is 25.9 Å². The fourth-order valence-corrected chi connectivity index (χ4v) is 3.92. The van der Waals surface area contributed by atoms with Crippen LogP contribution in [0.4, 0.5) is 5.88 Å². The molecule has 0 saturated heterocycles. The Hall–Kier alpha value is -1.87. The van der Waals surface area contributed by atoms with Gasteiger partial charge in [-0.2, -0.15) is 0 Å². The Morgan fingerprint density at radius 2 is 2.09 bits per heavy atom. The van der Waals surface area contributed by atoms with E-state index in [0.717, 1.165) is 11.3 Å². The Kier molecular flexibility index (Phi) is 4.30. The first-order valence-electron chi connectivity index (χ1n) is 6.31. The lowest BCUT2D eigenvalue weighted by atomic mass is 9.92. The molecule has 0 aliphatic carbocycles. The summed E-state index contributed by atoms with van der Waals surface area (Å²) in [6.07, 6.45) is 0. The van der Waals surface area contributed by atoms with Crippen molar-refractivity contribution in [2.45, 2.75) is 31.1 Å². The molecule has 22 heavy (non-hydrogen) atoms. The second-order valence-corrected chi connectivity index (χ2v) is 8.10. The number of hydrogen-bond donors (Lipinski definition) is 1. The summed E-state index contributed by atoms with van der Waals surface area (Å²) in [7, 11) is -2.77. The second kappa shape index (κ2) is 5.73. The first kappa shape index (κ1) is 16.5. The Labute approximate surface area is 132 Å². The molecule has 0 unspecified atom stereocenters. The van der Waals surface area contributed by atoms with Gasteiger partial charge in [0.1, 0.15) is 9.77 Å². The van der Waals surface area contributed by atoms with Crippen LogP contribution in [0, 0.1) is 0 Å². The smallest absolute Gasteiger partial charge is 0.349 e. The number of anilines is 1. The normalized spacial score (nSPS) is 12.2. The Morgan fingerprint density at radius 1 is 1.41 bits per heavy atom. The van der Waals surface area contributed by atoms with E-state index in [1.54, 1.807) is 0 Å². The molecule has 0 saturated carbocycles. The molecular weight excluding hydrogens is 328 g/mol. The summed E-state index contributed by atoms with van der Waals surface area (Å²) in [6, 6.07) is 2.85. The van der Waals surface area contributed by atoms with Gasteiger partial charge in [0.15, 0.2) is 0 Å². The van der Waals surface area contributed by atoms with Gasteiger partial charge in [-0.15, -0.1) is 11.3 Å². The molecule has 0 bridgehead atoms. The van der Waals surface area contributed by atoms with Gasteiger partial charge in [0.05, 0.1) is 12.8 Å². The molecule has 0 radical (unpaired) electrons. The lowest BCUT2D eigenvalue weighted by Gasteiger charge is -2.12. The minimum absolute atomic E-state index is 0.00515. The summed E-state index contributed by atoms with van der Waals surface area (Å²) in [5.74, 6) is -0.713. The minimum atomic E-state index is -3.96. The highest BCUT2D eigenvalue weighted by Gasteiger charge is 2.27. The zero-order valence-corrected chi connectivity index (χ0v) is 14.2. The predicted molar refractivity (Wildman–Crippen MR) is 81.7 cm³/mol. The van der Waals surface area contributed by atoms with E-state index in [1.165, 1.54) is 24.6 Å². The van der Waals surface area contributed by atoms with Crippen molar-refractivity contribution in [1.82, 2.24) is 5.16 Å². The number of carbonyl (C=O) groups excluding carboxylic acids is 1. The Morgan fingerprint density at radius 3 is 2.64 bits per heavy atom. The van der Waals surface area contributed by atoms with Gasteiger partial charge in [-0.25, -0.2) is 17.9 Å². The standard InChI is InChI=1S/C13H16N2O5S2/c1-13(2,3)9-7-10(20-14-9)15-22(17,18)8-5-6-21-11(8)12(16)19-4/h5-7,15H,1-4H3. The maximum Gasteiger partial charge on any atom is 0.349 e. The molecule has 7 nitrogen and oxygen atoms in total. The summed E-state index contributed by atoms with van der Waals surface area (Å²) in [6.45, 7) is 5.78. The van der Waals surface area contributed by atoms with Gasteiger partial charge < -0.3 is 9.26 Å². The number of nitrogens with zero attached hydrogens (tertiary/aromatic N) is 1. The average Bonchev–Trinajstić information content (AvgIpc) is 3.04. The van der Waals surface area contributed by atoms with Crippen LogP contribution in [0.3, 0.4) is 0 Å². The van der Waals surface area contributed by atoms with Crippen molar-refractivity contribution in [3.05, 3.63) is 28.1 Å². The van der Waals surface area contributed by atoms with Gasteiger partial charge in [-0.3, -0.25) is 0 Å². The predicted octanol–water partition coefficient (Wildman–Crippen LogP) is 2.62. The molecule has 0 spiro atoms. The SMILES string of the molecule is COC(=O)c1sccc1S(=O)(=O)Nc1cc(C(C)(C)C)no1. The Balaban J connectivity index is 2.31. The number of esters is 1. The summed E-state index contributed by atoms with van der Waals surface area (Å²) in [5.41, 5.74) is 0.343. The van der Waals surface area contributed by atoms with Crippen LogP contribution in [0.1, 0.15) is 36.1 Å². The van der Waals surface area contributed by atoms with Crippen LogP contribution in [0.5, 0.6) is 0 Å². The Bertz CT molecular complexity index is 783. The van der Waals surface area contributed by atoms with Crippen molar-refractivity contribution in [2.75, 3.05) is 11.8 Å². The number of hydrogen-bond acceptors (Lipinski definition) is 7. The van der Waals surface area contributed by atoms with E-state index in [0.29, 0.717) is 5.69 Å². The number of aromatic nitrogens is 1. The third-order valence-corrected chi connectivity index (χ3v) is 5.22. The third-order valence-electron chi connectivity index (χ3n) is 2.80. The highest BCUT2D eigenvalue weighted by molar-refractivity contribution is 7.93. The number of carbonyl (C=O) groups is 1. The fraction of sp³-hybridized carbons (Fsp3) is 0.385. The van der Waals surface area contributed by atoms with Gasteiger partial charge in [-0.05, 0) is 11.4 Å². The molecule has 0 amide bonds. The van der Waals surface area contributed by atoms with Crippen LogP contribution in [0.25, 0.3) is 0 Å². The second-order valence-electron chi connectivity index (χ2n) is 5.54. The number of methoxy groups -OCH3 is 1. The van der Waals surface area contributed by atoms with E-state index in [2.05, 4.69) is 14.6 Å². The average molecular weight is 344 g/mol. The van der Waals surface area contributed by atoms with Gasteiger partial charge in [0.25, 0.3) is 10.0 Å². The molecule has 2 aromatic heterocycles. The van der Waals surface area contributed by atoms with Crippen LogP contribution < -0.4 is 4.72 Å². The van der Waals surface area contributed by atoms with Crippen molar-refractivity contribution in [2.24, 2.45) is 0 Å². The van der Waals surface area contributed by atoms with Gasteiger partial charge >= 0.3 is 5.97 Å². The van der Waals surface area contributed by atoms with Gasteiger partial charge in [0.2, 0.25) is 5.88 Å². The van der Waals surface area contributed by atoms with E-state index >= 15 is 0 Å². The number of thiophene rings is 1. The number of nitrogens with one attached hydrogen (secondary N) is 1. The number of ether oxygens (including phenoxy) is 1. The topological polar surface area (TPSA) is 98.5 Å². The molecule has 2 rings (SSSR count). The summed E-state index contributed by atoms with van der Waals surface area (Å²) >= 11 is 0.989. The maximum atomic E-state index is 12.4. The van der Waals surface area contributed by atoms with Crippen LogP contribution in [-0.2, 0) is 20.2 Å². The van der Waals surface area contributed by atoms with E-state index in [4.69, 9.17) is 4.52 Å². The molecule has 2 aromatic rings. The molecule has 0 aliphatic rings. The van der Waals surface area contributed by atoms with E-state index < -0.39 is 16.0 Å². The zero-order chi connectivity index (χ0) is 16.5. The largest absolute Gasteiger partial charge is 0.465 e. The van der Waals surface area contributed by atoms with Gasteiger partial charge in [0, 0.05) is 11.5 Å². The summed E-state index contributed by atoms with van der Waals surface area (Å²) in [5, 5.41) is 5.34. The molecule has 2 heterocycles.